The van der Waals surface area contributed by atoms with Crippen molar-refractivity contribution in [1.82, 2.24) is 9.78 Å². The second-order valence-corrected chi connectivity index (χ2v) is 5.45. The quantitative estimate of drug-likeness (QED) is 0.557. The van der Waals surface area contributed by atoms with E-state index in [0.29, 0.717) is 5.56 Å². The molecule has 26 heavy (non-hydrogen) atoms. The Bertz CT molecular complexity index is 1010. The first-order valence-electron chi connectivity index (χ1n) is 7.68. The summed E-state index contributed by atoms with van der Waals surface area (Å²) >= 11 is 0. The third-order valence-corrected chi connectivity index (χ3v) is 3.66. The molecule has 0 radical (unpaired) electrons. The Kier molecular flexibility index (Phi) is 4.75. The highest BCUT2D eigenvalue weighted by Crippen LogP contribution is 2.23. The van der Waals surface area contributed by atoms with E-state index >= 15 is 0 Å². The van der Waals surface area contributed by atoms with Crippen LogP contribution in [0.4, 0.5) is 28.9 Å². The second kappa shape index (κ2) is 6.99. The van der Waals surface area contributed by atoms with E-state index < -0.39 is 28.8 Å². The molecule has 0 fully saturated rings. The number of aromatic nitrogens is 2. The Labute approximate surface area is 145 Å². The largest absolute Gasteiger partial charge is 0.351 e. The van der Waals surface area contributed by atoms with E-state index in [1.54, 1.807) is 13.0 Å². The van der Waals surface area contributed by atoms with Gasteiger partial charge in [0, 0.05) is 29.9 Å². The molecule has 1 N–H and O–H groups in total. The summed E-state index contributed by atoms with van der Waals surface area (Å²) in [6.45, 7) is 1.91. The van der Waals surface area contributed by atoms with E-state index in [2.05, 4.69) is 10.4 Å². The molecule has 3 aromatic rings. The van der Waals surface area contributed by atoms with Crippen molar-refractivity contribution < 1.29 is 17.6 Å². The summed E-state index contributed by atoms with van der Waals surface area (Å²) in [7, 11) is 0. The number of nitrogens with zero attached hydrogens (tertiary/aromatic N) is 2. The van der Waals surface area contributed by atoms with Gasteiger partial charge in [-0.25, -0.2) is 22.2 Å². The van der Waals surface area contributed by atoms with Crippen LogP contribution in [0, 0.1) is 23.3 Å². The average Bonchev–Trinajstić information content (AvgIpc) is 2.61. The minimum absolute atomic E-state index is 0.0356. The van der Waals surface area contributed by atoms with Crippen LogP contribution in [0.25, 0.3) is 11.3 Å². The van der Waals surface area contributed by atoms with Gasteiger partial charge in [-0.1, -0.05) is 12.1 Å². The highest BCUT2D eigenvalue weighted by Gasteiger charge is 2.14. The third-order valence-electron chi connectivity index (χ3n) is 3.66. The monoisotopic (exact) mass is 363 g/mol. The molecule has 0 saturated carbocycles. The predicted octanol–water partition coefficient (Wildman–Crippen LogP) is 4.23. The van der Waals surface area contributed by atoms with Crippen LogP contribution >= 0.6 is 0 Å². The van der Waals surface area contributed by atoms with Crippen molar-refractivity contribution in [3.05, 3.63) is 76.1 Å². The van der Waals surface area contributed by atoms with Crippen LogP contribution in [0.15, 0.2) is 47.3 Å². The number of benzene rings is 2. The summed E-state index contributed by atoms with van der Waals surface area (Å²) in [5, 5.41) is 6.71. The van der Waals surface area contributed by atoms with Crippen LogP contribution in [-0.2, 0) is 6.54 Å². The first-order chi connectivity index (χ1) is 12.4. The van der Waals surface area contributed by atoms with Crippen molar-refractivity contribution in [3.63, 3.8) is 0 Å². The first-order valence-corrected chi connectivity index (χ1v) is 7.68. The zero-order chi connectivity index (χ0) is 18.8. The van der Waals surface area contributed by atoms with Gasteiger partial charge in [-0.2, -0.15) is 5.10 Å². The van der Waals surface area contributed by atoms with Gasteiger partial charge in [0.2, 0.25) is 0 Å². The lowest BCUT2D eigenvalue weighted by Crippen LogP contribution is -2.24. The highest BCUT2D eigenvalue weighted by molar-refractivity contribution is 5.67. The first kappa shape index (κ1) is 17.7. The minimum atomic E-state index is -1.60. The molecule has 0 aliphatic heterocycles. The molecule has 0 aliphatic rings. The Hall–Kier alpha value is -3.16. The van der Waals surface area contributed by atoms with E-state index in [4.69, 9.17) is 0 Å². The molecule has 0 spiro atoms. The number of hydrogen-bond acceptors (Lipinski definition) is 3. The molecular weight excluding hydrogens is 350 g/mol. The van der Waals surface area contributed by atoms with Crippen molar-refractivity contribution >= 4 is 11.4 Å². The molecule has 134 valence electrons. The van der Waals surface area contributed by atoms with Gasteiger partial charge in [0.05, 0.1) is 5.69 Å². The lowest BCUT2D eigenvalue weighted by molar-refractivity contribution is 0.448. The molecule has 1 aromatic heterocycles. The van der Waals surface area contributed by atoms with Crippen LogP contribution in [0.3, 0.4) is 0 Å². The molecule has 4 nitrogen and oxygen atoms in total. The molecule has 0 bridgehead atoms. The van der Waals surface area contributed by atoms with E-state index in [-0.39, 0.29) is 23.6 Å². The van der Waals surface area contributed by atoms with Gasteiger partial charge >= 0.3 is 0 Å². The van der Waals surface area contributed by atoms with E-state index in [0.717, 1.165) is 16.8 Å². The number of nitrogens with one attached hydrogen (secondary N) is 1. The van der Waals surface area contributed by atoms with Crippen LogP contribution < -0.4 is 10.9 Å². The molecule has 0 unspecified atom stereocenters. The molecule has 0 atom stereocenters. The van der Waals surface area contributed by atoms with Gasteiger partial charge in [0.25, 0.3) is 5.56 Å². The summed E-state index contributed by atoms with van der Waals surface area (Å²) < 4.78 is 54.4. The Balaban J connectivity index is 2.09. The molecule has 3 rings (SSSR count). The van der Waals surface area contributed by atoms with Gasteiger partial charge in [-0.15, -0.1) is 0 Å². The summed E-state index contributed by atoms with van der Waals surface area (Å²) in [4.78, 5) is 12.4. The van der Waals surface area contributed by atoms with Gasteiger partial charge in [0.1, 0.15) is 11.5 Å². The number of aryl methyl sites for hydroxylation is 1. The molecule has 0 aliphatic carbocycles. The van der Waals surface area contributed by atoms with E-state index in [9.17, 15) is 22.4 Å². The summed E-state index contributed by atoms with van der Waals surface area (Å²) in [5.41, 5.74) is -0.00918. The number of rotatable bonds is 4. The molecular formula is C18H13F4N3O. The second-order valence-electron chi connectivity index (χ2n) is 5.45. The predicted molar refractivity (Wildman–Crippen MR) is 89.2 cm³/mol. The average molecular weight is 363 g/mol. The molecule has 1 heterocycles. The van der Waals surface area contributed by atoms with Crippen molar-refractivity contribution in [2.24, 2.45) is 0 Å². The lowest BCUT2D eigenvalue weighted by atomic mass is 10.1. The van der Waals surface area contributed by atoms with Crippen LogP contribution in [0.1, 0.15) is 6.92 Å². The van der Waals surface area contributed by atoms with Crippen molar-refractivity contribution in [2.75, 3.05) is 5.32 Å². The molecule has 0 amide bonds. The van der Waals surface area contributed by atoms with Crippen molar-refractivity contribution in [2.45, 2.75) is 13.5 Å². The fourth-order valence-corrected chi connectivity index (χ4v) is 2.42. The van der Waals surface area contributed by atoms with Crippen LogP contribution in [0.2, 0.25) is 0 Å². The Morgan fingerprint density at radius 1 is 1.04 bits per heavy atom. The highest BCUT2D eigenvalue weighted by atomic mass is 19.2. The van der Waals surface area contributed by atoms with E-state index in [1.807, 2.05) is 0 Å². The standard InChI is InChI=1S/C18H13F4N3O/c1-2-25-18(26)16(23-12-7-13(20)17(22)14(21)8-12)9-15(24-25)10-4-3-5-11(19)6-10/h3-9,23H,2H2,1H3. The van der Waals surface area contributed by atoms with Gasteiger partial charge < -0.3 is 5.32 Å². The van der Waals surface area contributed by atoms with Crippen molar-refractivity contribution in [1.29, 1.82) is 0 Å². The van der Waals surface area contributed by atoms with Crippen LogP contribution in [0.5, 0.6) is 0 Å². The molecule has 8 heteroatoms. The fraction of sp³-hybridized carbons (Fsp3) is 0.111. The summed E-state index contributed by atoms with van der Waals surface area (Å²) in [6, 6.07) is 8.41. The maximum Gasteiger partial charge on any atom is 0.290 e. The van der Waals surface area contributed by atoms with Crippen LogP contribution in [-0.4, -0.2) is 9.78 Å². The van der Waals surface area contributed by atoms with Gasteiger partial charge in [0.15, 0.2) is 17.5 Å². The third kappa shape index (κ3) is 3.44. The maximum atomic E-state index is 13.5. The summed E-state index contributed by atoms with van der Waals surface area (Å²) in [6.07, 6.45) is 0. The van der Waals surface area contributed by atoms with Crippen molar-refractivity contribution in [3.8, 4) is 11.3 Å². The number of anilines is 2. The maximum absolute atomic E-state index is 13.5. The zero-order valence-corrected chi connectivity index (χ0v) is 13.6. The SMILES string of the molecule is CCn1nc(-c2cccc(F)c2)cc(Nc2cc(F)c(F)c(F)c2)c1=O. The molecule has 0 saturated heterocycles. The zero-order valence-electron chi connectivity index (χ0n) is 13.6. The Morgan fingerprint density at radius 3 is 2.35 bits per heavy atom. The lowest BCUT2D eigenvalue weighted by Gasteiger charge is -2.12. The smallest absolute Gasteiger partial charge is 0.290 e. The van der Waals surface area contributed by atoms with E-state index in [1.165, 1.54) is 24.3 Å². The van der Waals surface area contributed by atoms with Gasteiger partial charge in [-0.3, -0.25) is 4.79 Å². The topological polar surface area (TPSA) is 46.9 Å². The Morgan fingerprint density at radius 2 is 1.73 bits per heavy atom. The summed E-state index contributed by atoms with van der Waals surface area (Å²) in [5.74, 6) is -4.85. The van der Waals surface area contributed by atoms with Gasteiger partial charge in [-0.05, 0) is 25.1 Å². The minimum Gasteiger partial charge on any atom is -0.351 e. The number of halogens is 4. The normalized spacial score (nSPS) is 10.8. The fourth-order valence-electron chi connectivity index (χ4n) is 2.42. The molecule has 2 aromatic carbocycles. The number of hydrogen-bond donors (Lipinski definition) is 1.